The highest BCUT2D eigenvalue weighted by molar-refractivity contribution is 5.95. The summed E-state index contributed by atoms with van der Waals surface area (Å²) in [5, 5.41) is 2.86. The van der Waals surface area contributed by atoms with E-state index >= 15 is 0 Å². The van der Waals surface area contributed by atoms with Gasteiger partial charge in [-0.25, -0.2) is 4.79 Å². The summed E-state index contributed by atoms with van der Waals surface area (Å²) in [4.78, 5) is 52.9. The van der Waals surface area contributed by atoms with E-state index < -0.39 is 18.0 Å². The highest BCUT2D eigenvalue weighted by atomic mass is 16.5. The van der Waals surface area contributed by atoms with Crippen molar-refractivity contribution in [1.82, 2.24) is 19.7 Å². The molecule has 2 unspecified atom stereocenters. The topological polar surface area (TPSA) is 127 Å². The van der Waals surface area contributed by atoms with Crippen LogP contribution in [0.4, 0.5) is 4.79 Å². The third kappa shape index (κ3) is 5.58. The van der Waals surface area contributed by atoms with Crippen molar-refractivity contribution < 1.29 is 19.1 Å². The number of hydrogen-bond donors (Lipinski definition) is 2. The van der Waals surface area contributed by atoms with Crippen LogP contribution in [0, 0.1) is 0 Å². The number of nitrogens with two attached hydrogens (primary N) is 1. The van der Waals surface area contributed by atoms with Gasteiger partial charge in [-0.2, -0.15) is 0 Å². The number of likely N-dealkylation sites (tertiary alicyclic amines) is 1. The lowest BCUT2D eigenvalue weighted by Crippen LogP contribution is -2.63. The Morgan fingerprint density at radius 3 is 2.55 bits per heavy atom. The van der Waals surface area contributed by atoms with E-state index in [0.29, 0.717) is 43.8 Å². The van der Waals surface area contributed by atoms with Gasteiger partial charge in [0.15, 0.2) is 0 Å². The van der Waals surface area contributed by atoms with Crippen molar-refractivity contribution in [3.8, 4) is 5.69 Å². The van der Waals surface area contributed by atoms with Crippen molar-refractivity contribution >= 4 is 17.8 Å². The van der Waals surface area contributed by atoms with E-state index in [-0.39, 0.29) is 17.5 Å². The first-order valence-corrected chi connectivity index (χ1v) is 10.7. The Bertz CT molecular complexity index is 1050. The predicted molar refractivity (Wildman–Crippen MR) is 122 cm³/mol. The zero-order valence-corrected chi connectivity index (χ0v) is 18.8. The predicted octanol–water partition coefficient (Wildman–Crippen LogP) is 0.584. The van der Waals surface area contributed by atoms with Crippen LogP contribution in [0.25, 0.3) is 5.69 Å². The van der Waals surface area contributed by atoms with Crippen LogP contribution in [0.3, 0.4) is 0 Å². The van der Waals surface area contributed by atoms with Crippen molar-refractivity contribution in [2.75, 3.05) is 33.9 Å². The molecule has 4 amide bonds. The number of rotatable bonds is 7. The van der Waals surface area contributed by atoms with Gasteiger partial charge in [0.1, 0.15) is 6.04 Å². The lowest BCUT2D eigenvalue weighted by molar-refractivity contribution is -0.124. The Morgan fingerprint density at radius 1 is 1.18 bits per heavy atom. The summed E-state index contributed by atoms with van der Waals surface area (Å²) in [6.45, 7) is 1.10. The van der Waals surface area contributed by atoms with Gasteiger partial charge in [-0.15, -0.1) is 0 Å². The summed E-state index contributed by atoms with van der Waals surface area (Å²) in [7, 11) is 3.17. The zero-order valence-electron chi connectivity index (χ0n) is 18.8. The van der Waals surface area contributed by atoms with E-state index in [1.54, 1.807) is 56.8 Å². The third-order valence-corrected chi connectivity index (χ3v) is 5.67. The number of nitrogens with zero attached hydrogens (tertiary/aromatic N) is 3. The zero-order chi connectivity index (χ0) is 24.0. The quantitative estimate of drug-likeness (QED) is 0.632. The minimum absolute atomic E-state index is 0.179. The lowest BCUT2D eigenvalue weighted by Gasteiger charge is -2.41. The number of primary amides is 1. The van der Waals surface area contributed by atoms with Crippen LogP contribution in [-0.2, 0) is 9.53 Å². The second kappa shape index (κ2) is 10.8. The first-order chi connectivity index (χ1) is 15.8. The summed E-state index contributed by atoms with van der Waals surface area (Å²) < 4.78 is 6.48. The number of ether oxygens (including phenoxy) is 1. The largest absolute Gasteiger partial charge is 0.383 e. The number of carbonyl (C=O) groups excluding carboxylic acids is 3. The molecule has 1 saturated heterocycles. The number of amides is 4. The molecule has 3 N–H and O–H groups in total. The smallest absolute Gasteiger partial charge is 0.320 e. The fraction of sp³-hybridized carbons (Fsp3) is 0.391. The molecule has 176 valence electrons. The molecule has 0 aliphatic carbocycles. The number of likely N-dealkylation sites (N-methyl/N-ethyl adjacent to an activating group) is 1. The SMILES string of the molecule is COCCN(C)C(=O)N1CCCC(NC(=O)c2ccc(-n3ccccc3=O)cc2)C1C(N)=O. The number of carbonyl (C=O) groups is 3. The molecule has 1 aliphatic rings. The number of urea groups is 1. The van der Waals surface area contributed by atoms with Crippen molar-refractivity contribution in [2.24, 2.45) is 5.73 Å². The molecule has 0 radical (unpaired) electrons. The van der Waals surface area contributed by atoms with Crippen molar-refractivity contribution in [2.45, 2.75) is 24.9 Å². The van der Waals surface area contributed by atoms with E-state index in [9.17, 15) is 19.2 Å². The van der Waals surface area contributed by atoms with Gasteiger partial charge in [-0.05, 0) is 43.2 Å². The molecule has 1 aromatic heterocycles. The van der Waals surface area contributed by atoms with Gasteiger partial charge in [0.25, 0.3) is 11.5 Å². The Balaban J connectivity index is 1.73. The molecule has 0 bridgehead atoms. The lowest BCUT2D eigenvalue weighted by atomic mass is 9.95. The number of nitrogens with one attached hydrogen (secondary N) is 1. The number of pyridine rings is 1. The molecule has 1 aliphatic heterocycles. The van der Waals surface area contributed by atoms with Crippen LogP contribution in [0.5, 0.6) is 0 Å². The second-order valence-electron chi connectivity index (χ2n) is 7.92. The molecule has 33 heavy (non-hydrogen) atoms. The summed E-state index contributed by atoms with van der Waals surface area (Å²) in [6.07, 6.45) is 2.78. The van der Waals surface area contributed by atoms with Crippen LogP contribution in [0.15, 0.2) is 53.5 Å². The van der Waals surface area contributed by atoms with Crippen molar-refractivity contribution in [1.29, 1.82) is 0 Å². The highest BCUT2D eigenvalue weighted by Gasteiger charge is 2.40. The van der Waals surface area contributed by atoms with Gasteiger partial charge < -0.3 is 25.6 Å². The van der Waals surface area contributed by atoms with E-state index in [1.807, 2.05) is 0 Å². The summed E-state index contributed by atoms with van der Waals surface area (Å²) in [6, 6.07) is 9.49. The minimum atomic E-state index is -0.956. The number of hydrogen-bond acceptors (Lipinski definition) is 5. The standard InChI is InChI=1S/C23H29N5O5/c1-26(14-15-33-2)23(32)28-13-5-6-18(20(28)21(24)30)25-22(31)16-8-10-17(11-9-16)27-12-4-3-7-19(27)29/h3-4,7-12,18,20H,5-6,13-15H2,1-2H3,(H2,24,30)(H,25,31). The summed E-state index contributed by atoms with van der Waals surface area (Å²) in [5.41, 5.74) is 6.45. The Labute approximate surface area is 191 Å². The molecular weight excluding hydrogens is 426 g/mol. The van der Waals surface area contributed by atoms with Crippen LogP contribution in [-0.4, -0.2) is 78.1 Å². The maximum absolute atomic E-state index is 12.9. The van der Waals surface area contributed by atoms with E-state index in [1.165, 1.54) is 20.4 Å². The second-order valence-corrected chi connectivity index (χ2v) is 7.92. The highest BCUT2D eigenvalue weighted by Crippen LogP contribution is 2.20. The summed E-state index contributed by atoms with van der Waals surface area (Å²) >= 11 is 0. The van der Waals surface area contributed by atoms with Gasteiger partial charge in [-0.1, -0.05) is 6.07 Å². The molecule has 3 rings (SSSR count). The first kappa shape index (κ1) is 24.0. The van der Waals surface area contributed by atoms with E-state index in [2.05, 4.69) is 5.32 Å². The Morgan fingerprint density at radius 2 is 1.91 bits per heavy atom. The summed E-state index contributed by atoms with van der Waals surface area (Å²) in [5.74, 6) is -1.06. The first-order valence-electron chi connectivity index (χ1n) is 10.7. The fourth-order valence-electron chi connectivity index (χ4n) is 3.92. The van der Waals surface area contributed by atoms with Gasteiger partial charge >= 0.3 is 6.03 Å². The van der Waals surface area contributed by atoms with E-state index in [0.717, 1.165) is 0 Å². The molecule has 2 atom stereocenters. The van der Waals surface area contributed by atoms with Gasteiger partial charge in [0, 0.05) is 50.8 Å². The molecule has 1 aromatic carbocycles. The van der Waals surface area contributed by atoms with Gasteiger partial charge in [0.2, 0.25) is 5.91 Å². The minimum Gasteiger partial charge on any atom is -0.383 e. The number of methoxy groups -OCH3 is 1. The molecule has 0 saturated carbocycles. The maximum atomic E-state index is 12.9. The average Bonchev–Trinajstić information content (AvgIpc) is 2.82. The maximum Gasteiger partial charge on any atom is 0.320 e. The molecule has 1 fully saturated rings. The normalized spacial score (nSPS) is 17.9. The van der Waals surface area contributed by atoms with Crippen molar-refractivity contribution in [3.63, 3.8) is 0 Å². The van der Waals surface area contributed by atoms with Gasteiger partial charge in [-0.3, -0.25) is 19.0 Å². The molecular formula is C23H29N5O5. The van der Waals surface area contributed by atoms with Crippen LogP contribution < -0.4 is 16.6 Å². The number of aromatic nitrogens is 1. The number of piperidine rings is 1. The van der Waals surface area contributed by atoms with Crippen LogP contribution in [0.2, 0.25) is 0 Å². The fourth-order valence-corrected chi connectivity index (χ4v) is 3.92. The Kier molecular flexibility index (Phi) is 7.83. The van der Waals surface area contributed by atoms with Crippen LogP contribution >= 0.6 is 0 Å². The molecule has 10 nitrogen and oxygen atoms in total. The number of benzene rings is 1. The molecule has 10 heteroatoms. The average molecular weight is 456 g/mol. The molecule has 0 spiro atoms. The molecule has 2 heterocycles. The Hall–Kier alpha value is -3.66. The molecule has 2 aromatic rings. The third-order valence-electron chi connectivity index (χ3n) is 5.67. The van der Waals surface area contributed by atoms with Crippen LogP contribution in [0.1, 0.15) is 23.2 Å². The van der Waals surface area contributed by atoms with Crippen molar-refractivity contribution in [3.05, 3.63) is 64.6 Å². The van der Waals surface area contributed by atoms with Gasteiger partial charge in [0.05, 0.1) is 12.6 Å². The monoisotopic (exact) mass is 455 g/mol. The van der Waals surface area contributed by atoms with E-state index in [4.69, 9.17) is 10.5 Å².